The molecule has 0 amide bonds. The van der Waals surface area contributed by atoms with Gasteiger partial charge in [-0.25, -0.2) is 0 Å². The Hall–Kier alpha value is -0.850. The number of aromatic nitrogens is 1. The average Bonchev–Trinajstić information content (AvgIpc) is 2.30. The topological polar surface area (TPSA) is 12.9 Å². The Labute approximate surface area is 92.9 Å². The highest BCUT2D eigenvalue weighted by atomic mass is 14.7. The van der Waals surface area contributed by atoms with Gasteiger partial charge < -0.3 is 0 Å². The molecule has 1 aromatic heterocycles. The molecule has 0 unspecified atom stereocenters. The standard InChI is InChI=1S/C14H21N/c1-11(2)14-9-8-13(10-15-14)12-6-4-3-5-7-12/h8-12H,3-7H2,1-2H3. The molecular weight excluding hydrogens is 182 g/mol. The fraction of sp³-hybridized carbons (Fsp3) is 0.643. The van der Waals surface area contributed by atoms with E-state index in [-0.39, 0.29) is 0 Å². The average molecular weight is 203 g/mol. The summed E-state index contributed by atoms with van der Waals surface area (Å²) in [5.74, 6) is 1.33. The molecule has 0 saturated heterocycles. The van der Waals surface area contributed by atoms with Gasteiger partial charge in [-0.3, -0.25) is 4.98 Å². The Bertz CT molecular complexity index is 294. The molecule has 0 radical (unpaired) electrons. The Morgan fingerprint density at radius 2 is 1.87 bits per heavy atom. The van der Waals surface area contributed by atoms with Crippen LogP contribution in [0.1, 0.15) is 69.0 Å². The molecule has 1 aliphatic carbocycles. The predicted octanol–water partition coefficient (Wildman–Crippen LogP) is 4.25. The van der Waals surface area contributed by atoms with Crippen LogP contribution in [0.3, 0.4) is 0 Å². The lowest BCUT2D eigenvalue weighted by atomic mass is 9.85. The van der Waals surface area contributed by atoms with E-state index in [0.29, 0.717) is 5.92 Å². The Balaban J connectivity index is 2.08. The smallest absolute Gasteiger partial charge is 0.0429 e. The van der Waals surface area contributed by atoms with E-state index in [1.54, 1.807) is 0 Å². The van der Waals surface area contributed by atoms with Gasteiger partial charge in [0, 0.05) is 11.9 Å². The van der Waals surface area contributed by atoms with Crippen LogP contribution in [0.2, 0.25) is 0 Å². The molecule has 1 heteroatoms. The molecule has 1 heterocycles. The lowest BCUT2D eigenvalue weighted by molar-refractivity contribution is 0.442. The monoisotopic (exact) mass is 203 g/mol. The molecule has 1 aliphatic rings. The van der Waals surface area contributed by atoms with E-state index in [4.69, 9.17) is 0 Å². The molecule has 0 aliphatic heterocycles. The predicted molar refractivity (Wildman–Crippen MR) is 64.2 cm³/mol. The Kier molecular flexibility index (Phi) is 3.40. The molecular formula is C14H21N. The third-order valence-electron chi connectivity index (χ3n) is 3.48. The molecule has 0 atom stereocenters. The van der Waals surface area contributed by atoms with Crippen LogP contribution in [0.15, 0.2) is 18.3 Å². The molecule has 0 N–H and O–H groups in total. The van der Waals surface area contributed by atoms with Crippen LogP contribution in [0.4, 0.5) is 0 Å². The van der Waals surface area contributed by atoms with Crippen LogP contribution in [0.25, 0.3) is 0 Å². The van der Waals surface area contributed by atoms with Crippen molar-refractivity contribution >= 4 is 0 Å². The van der Waals surface area contributed by atoms with Gasteiger partial charge in [0.2, 0.25) is 0 Å². The van der Waals surface area contributed by atoms with Crippen LogP contribution in [-0.4, -0.2) is 4.98 Å². The van der Waals surface area contributed by atoms with Crippen LogP contribution in [0.5, 0.6) is 0 Å². The number of rotatable bonds is 2. The minimum Gasteiger partial charge on any atom is -0.261 e. The second-order valence-corrected chi connectivity index (χ2v) is 5.01. The van der Waals surface area contributed by atoms with Gasteiger partial charge >= 0.3 is 0 Å². The largest absolute Gasteiger partial charge is 0.261 e. The normalized spacial score (nSPS) is 18.3. The highest BCUT2D eigenvalue weighted by Crippen LogP contribution is 2.32. The maximum atomic E-state index is 4.55. The summed E-state index contributed by atoms with van der Waals surface area (Å²) >= 11 is 0. The highest BCUT2D eigenvalue weighted by molar-refractivity contribution is 5.20. The zero-order valence-electron chi connectivity index (χ0n) is 9.87. The SMILES string of the molecule is CC(C)c1ccc(C2CCCCC2)cn1. The van der Waals surface area contributed by atoms with Crippen molar-refractivity contribution in [2.45, 2.75) is 57.8 Å². The van der Waals surface area contributed by atoms with Crippen molar-refractivity contribution in [3.63, 3.8) is 0 Å². The third kappa shape index (κ3) is 2.58. The maximum Gasteiger partial charge on any atom is 0.0429 e. The lowest BCUT2D eigenvalue weighted by Crippen LogP contribution is -2.05. The number of hydrogen-bond acceptors (Lipinski definition) is 1. The fourth-order valence-electron chi connectivity index (χ4n) is 2.44. The molecule has 2 rings (SSSR count). The molecule has 82 valence electrons. The van der Waals surface area contributed by atoms with Crippen molar-refractivity contribution in [2.24, 2.45) is 0 Å². The van der Waals surface area contributed by atoms with Crippen molar-refractivity contribution in [3.8, 4) is 0 Å². The number of nitrogens with zero attached hydrogens (tertiary/aromatic N) is 1. The van der Waals surface area contributed by atoms with E-state index < -0.39 is 0 Å². The third-order valence-corrected chi connectivity index (χ3v) is 3.48. The molecule has 0 bridgehead atoms. The fourth-order valence-corrected chi connectivity index (χ4v) is 2.44. The van der Waals surface area contributed by atoms with E-state index in [1.807, 2.05) is 0 Å². The van der Waals surface area contributed by atoms with Crippen LogP contribution in [0, 0.1) is 0 Å². The zero-order valence-corrected chi connectivity index (χ0v) is 9.87. The van der Waals surface area contributed by atoms with E-state index in [1.165, 1.54) is 43.4 Å². The van der Waals surface area contributed by atoms with E-state index in [2.05, 4.69) is 37.2 Å². The summed E-state index contributed by atoms with van der Waals surface area (Å²) in [5, 5.41) is 0. The minimum absolute atomic E-state index is 0.547. The van der Waals surface area contributed by atoms with Crippen LogP contribution >= 0.6 is 0 Å². The van der Waals surface area contributed by atoms with Crippen LogP contribution < -0.4 is 0 Å². The number of hydrogen-bond donors (Lipinski definition) is 0. The van der Waals surface area contributed by atoms with E-state index >= 15 is 0 Å². The van der Waals surface area contributed by atoms with Gasteiger partial charge in [-0.2, -0.15) is 0 Å². The number of pyridine rings is 1. The molecule has 1 fully saturated rings. The Morgan fingerprint density at radius 1 is 1.13 bits per heavy atom. The van der Waals surface area contributed by atoms with Crippen molar-refractivity contribution < 1.29 is 0 Å². The Morgan fingerprint density at radius 3 is 2.40 bits per heavy atom. The van der Waals surface area contributed by atoms with Gasteiger partial charge in [0.05, 0.1) is 0 Å². The van der Waals surface area contributed by atoms with Gasteiger partial charge in [-0.1, -0.05) is 39.2 Å². The first-order chi connectivity index (χ1) is 7.27. The summed E-state index contributed by atoms with van der Waals surface area (Å²) in [4.78, 5) is 4.55. The van der Waals surface area contributed by atoms with Crippen molar-refractivity contribution in [1.29, 1.82) is 0 Å². The molecule has 0 aromatic carbocycles. The summed E-state index contributed by atoms with van der Waals surface area (Å²) in [5.41, 5.74) is 2.67. The van der Waals surface area contributed by atoms with Gasteiger partial charge in [-0.05, 0) is 36.3 Å². The minimum atomic E-state index is 0.547. The van der Waals surface area contributed by atoms with Gasteiger partial charge in [0.1, 0.15) is 0 Å². The zero-order chi connectivity index (χ0) is 10.7. The maximum absolute atomic E-state index is 4.55. The molecule has 0 spiro atoms. The summed E-state index contributed by atoms with van der Waals surface area (Å²) in [6.45, 7) is 4.39. The van der Waals surface area contributed by atoms with E-state index in [0.717, 1.165) is 5.92 Å². The quantitative estimate of drug-likeness (QED) is 0.700. The molecule has 1 nitrogen and oxygen atoms in total. The van der Waals surface area contributed by atoms with Crippen molar-refractivity contribution in [3.05, 3.63) is 29.6 Å². The lowest BCUT2D eigenvalue weighted by Gasteiger charge is -2.21. The van der Waals surface area contributed by atoms with Gasteiger partial charge in [0.15, 0.2) is 0 Å². The first-order valence-electron chi connectivity index (χ1n) is 6.23. The summed E-state index contributed by atoms with van der Waals surface area (Å²) in [6, 6.07) is 4.49. The summed E-state index contributed by atoms with van der Waals surface area (Å²) in [7, 11) is 0. The van der Waals surface area contributed by atoms with Crippen LogP contribution in [-0.2, 0) is 0 Å². The van der Waals surface area contributed by atoms with Crippen molar-refractivity contribution in [2.75, 3.05) is 0 Å². The van der Waals surface area contributed by atoms with Gasteiger partial charge in [0.25, 0.3) is 0 Å². The van der Waals surface area contributed by atoms with Crippen molar-refractivity contribution in [1.82, 2.24) is 4.98 Å². The molecule has 1 saturated carbocycles. The van der Waals surface area contributed by atoms with Gasteiger partial charge in [-0.15, -0.1) is 0 Å². The first-order valence-corrected chi connectivity index (χ1v) is 6.23. The second kappa shape index (κ2) is 4.78. The molecule has 1 aromatic rings. The second-order valence-electron chi connectivity index (χ2n) is 5.01. The first kappa shape index (κ1) is 10.7. The summed E-state index contributed by atoms with van der Waals surface area (Å²) < 4.78 is 0. The van der Waals surface area contributed by atoms with E-state index in [9.17, 15) is 0 Å². The molecule has 15 heavy (non-hydrogen) atoms. The summed E-state index contributed by atoms with van der Waals surface area (Å²) in [6.07, 6.45) is 9.05. The highest BCUT2D eigenvalue weighted by Gasteiger charge is 2.15.